The molecule has 2 aromatic carbocycles. The van der Waals surface area contributed by atoms with Gasteiger partial charge in [0.1, 0.15) is 0 Å². The molecule has 1 aliphatic carbocycles. The smallest absolute Gasteiger partial charge is 0.417 e. The lowest BCUT2D eigenvalue weighted by atomic mass is 9.88. The van der Waals surface area contributed by atoms with Crippen LogP contribution in [0.5, 0.6) is 11.5 Å². The standard InChI is InChI=1S/C21H22ClF3N2O2S/c1-28-17-8-5-13(11-18(17)29-2)20(9-3-4-10-20)27-19(30)26-14-6-7-16(22)15(12-14)21(23,24)25/h5-8,11-12H,3-4,9-10H2,1-2H3,(H2,26,27,30). The Morgan fingerprint density at radius 2 is 1.70 bits per heavy atom. The average Bonchev–Trinajstić information content (AvgIpc) is 3.17. The summed E-state index contributed by atoms with van der Waals surface area (Å²) in [6, 6.07) is 9.31. The zero-order valence-corrected chi connectivity index (χ0v) is 18.1. The molecule has 0 spiro atoms. The van der Waals surface area contributed by atoms with Crippen LogP contribution in [0.4, 0.5) is 18.9 Å². The topological polar surface area (TPSA) is 42.5 Å². The Balaban J connectivity index is 1.83. The zero-order valence-electron chi connectivity index (χ0n) is 16.5. The van der Waals surface area contributed by atoms with Crippen molar-refractivity contribution in [3.8, 4) is 11.5 Å². The number of rotatable bonds is 5. The second-order valence-corrected chi connectivity index (χ2v) is 7.95. The van der Waals surface area contributed by atoms with Crippen molar-refractivity contribution in [3.05, 3.63) is 52.5 Å². The van der Waals surface area contributed by atoms with Crippen molar-refractivity contribution in [2.24, 2.45) is 0 Å². The van der Waals surface area contributed by atoms with Crippen LogP contribution in [0.25, 0.3) is 0 Å². The molecule has 0 radical (unpaired) electrons. The van der Waals surface area contributed by atoms with E-state index in [0.29, 0.717) is 11.5 Å². The largest absolute Gasteiger partial charge is 0.493 e. The Morgan fingerprint density at radius 3 is 2.30 bits per heavy atom. The summed E-state index contributed by atoms with van der Waals surface area (Å²) in [5.74, 6) is 1.23. The Labute approximate surface area is 183 Å². The number of thiocarbonyl (C=S) groups is 1. The van der Waals surface area contributed by atoms with Gasteiger partial charge in [-0.15, -0.1) is 0 Å². The van der Waals surface area contributed by atoms with E-state index in [2.05, 4.69) is 10.6 Å². The molecule has 1 fully saturated rings. The van der Waals surface area contributed by atoms with Crippen LogP contribution in [0, 0.1) is 0 Å². The summed E-state index contributed by atoms with van der Waals surface area (Å²) in [7, 11) is 3.14. The van der Waals surface area contributed by atoms with Crippen LogP contribution in [0.15, 0.2) is 36.4 Å². The van der Waals surface area contributed by atoms with Gasteiger partial charge in [0, 0.05) is 5.69 Å². The van der Waals surface area contributed by atoms with Gasteiger partial charge in [-0.1, -0.05) is 30.5 Å². The molecule has 9 heteroatoms. The molecule has 0 atom stereocenters. The second kappa shape index (κ2) is 8.89. The quantitative estimate of drug-likeness (QED) is 0.527. The molecular formula is C21H22ClF3N2O2S. The first kappa shape index (κ1) is 22.5. The van der Waals surface area contributed by atoms with Crippen LogP contribution in [0.3, 0.4) is 0 Å². The highest BCUT2D eigenvalue weighted by molar-refractivity contribution is 7.80. The molecule has 1 aliphatic rings. The minimum Gasteiger partial charge on any atom is -0.493 e. The highest BCUT2D eigenvalue weighted by atomic mass is 35.5. The predicted octanol–water partition coefficient (Wildman–Crippen LogP) is 6.13. The lowest BCUT2D eigenvalue weighted by Crippen LogP contribution is -2.45. The third-order valence-electron chi connectivity index (χ3n) is 5.28. The van der Waals surface area contributed by atoms with Gasteiger partial charge in [-0.3, -0.25) is 0 Å². The number of ether oxygens (including phenoxy) is 2. The number of hydrogen-bond acceptors (Lipinski definition) is 3. The first-order valence-electron chi connectivity index (χ1n) is 9.37. The number of anilines is 1. The van der Waals surface area contributed by atoms with Crippen LogP contribution in [-0.2, 0) is 11.7 Å². The SMILES string of the molecule is COc1ccc(C2(NC(=S)Nc3ccc(Cl)c(C(F)(F)F)c3)CCCC2)cc1OC. The van der Waals surface area contributed by atoms with Crippen LogP contribution < -0.4 is 20.1 Å². The summed E-state index contributed by atoms with van der Waals surface area (Å²) in [4.78, 5) is 0. The monoisotopic (exact) mass is 458 g/mol. The number of hydrogen-bond donors (Lipinski definition) is 2. The maximum Gasteiger partial charge on any atom is 0.417 e. The van der Waals surface area contributed by atoms with E-state index in [9.17, 15) is 13.2 Å². The number of alkyl halides is 3. The lowest BCUT2D eigenvalue weighted by Gasteiger charge is -2.33. The molecule has 162 valence electrons. The summed E-state index contributed by atoms with van der Waals surface area (Å²) in [6.07, 6.45) is -0.875. The van der Waals surface area contributed by atoms with E-state index in [4.69, 9.17) is 33.3 Å². The van der Waals surface area contributed by atoms with Crippen molar-refractivity contribution in [2.45, 2.75) is 37.4 Å². The first-order chi connectivity index (χ1) is 14.2. The number of methoxy groups -OCH3 is 2. The first-order valence-corrected chi connectivity index (χ1v) is 10.2. The molecule has 2 aromatic rings. The number of benzene rings is 2. The molecule has 3 rings (SSSR count). The minimum absolute atomic E-state index is 0.213. The molecule has 4 nitrogen and oxygen atoms in total. The van der Waals surface area contributed by atoms with Gasteiger partial charge in [0.05, 0.1) is 30.3 Å². The molecule has 30 heavy (non-hydrogen) atoms. The number of nitrogens with one attached hydrogen (secondary N) is 2. The van der Waals surface area contributed by atoms with E-state index in [-0.39, 0.29) is 15.8 Å². The molecule has 0 aliphatic heterocycles. The van der Waals surface area contributed by atoms with E-state index >= 15 is 0 Å². The van der Waals surface area contributed by atoms with Gasteiger partial charge in [-0.2, -0.15) is 13.2 Å². The summed E-state index contributed by atoms with van der Waals surface area (Å²) in [5, 5.41) is 6.07. The van der Waals surface area contributed by atoms with E-state index < -0.39 is 17.3 Å². The zero-order chi connectivity index (χ0) is 21.9. The molecule has 0 heterocycles. The fraction of sp³-hybridized carbons (Fsp3) is 0.381. The van der Waals surface area contributed by atoms with E-state index in [1.165, 1.54) is 12.1 Å². The average molecular weight is 459 g/mol. The van der Waals surface area contributed by atoms with Crippen LogP contribution in [-0.4, -0.2) is 19.3 Å². The summed E-state index contributed by atoms with van der Waals surface area (Å²) >= 11 is 11.1. The van der Waals surface area contributed by atoms with Gasteiger partial charge in [-0.05, 0) is 61.0 Å². The molecule has 1 saturated carbocycles. The normalized spacial score (nSPS) is 15.5. The van der Waals surface area contributed by atoms with Crippen molar-refractivity contribution >= 4 is 34.6 Å². The summed E-state index contributed by atoms with van der Waals surface area (Å²) < 4.78 is 50.1. The second-order valence-electron chi connectivity index (χ2n) is 7.13. The fourth-order valence-corrected chi connectivity index (χ4v) is 4.34. The highest BCUT2D eigenvalue weighted by Crippen LogP contribution is 2.42. The highest BCUT2D eigenvalue weighted by Gasteiger charge is 2.37. The van der Waals surface area contributed by atoms with Gasteiger partial charge in [0.25, 0.3) is 0 Å². The van der Waals surface area contributed by atoms with Gasteiger partial charge in [-0.25, -0.2) is 0 Å². The third kappa shape index (κ3) is 4.75. The third-order valence-corrected chi connectivity index (χ3v) is 5.81. The van der Waals surface area contributed by atoms with Crippen LogP contribution >= 0.6 is 23.8 Å². The maximum absolute atomic E-state index is 13.1. The minimum atomic E-state index is -4.55. The van der Waals surface area contributed by atoms with Gasteiger partial charge >= 0.3 is 6.18 Å². The Morgan fingerprint density at radius 1 is 1.03 bits per heavy atom. The van der Waals surface area contributed by atoms with Crippen molar-refractivity contribution in [1.82, 2.24) is 5.32 Å². The molecule has 0 aromatic heterocycles. The van der Waals surface area contributed by atoms with Gasteiger partial charge in [0.15, 0.2) is 16.6 Å². The summed E-state index contributed by atoms with van der Waals surface area (Å²) in [6.45, 7) is 0. The molecular weight excluding hydrogens is 437 g/mol. The Bertz CT molecular complexity index is 931. The molecule has 0 amide bonds. The van der Waals surface area contributed by atoms with Crippen molar-refractivity contribution < 1.29 is 22.6 Å². The van der Waals surface area contributed by atoms with E-state index in [1.54, 1.807) is 14.2 Å². The van der Waals surface area contributed by atoms with E-state index in [0.717, 1.165) is 37.3 Å². The van der Waals surface area contributed by atoms with Crippen LogP contribution in [0.1, 0.15) is 36.8 Å². The maximum atomic E-state index is 13.1. The van der Waals surface area contributed by atoms with E-state index in [1.807, 2.05) is 18.2 Å². The predicted molar refractivity (Wildman–Crippen MR) is 116 cm³/mol. The van der Waals surface area contributed by atoms with Gasteiger partial charge < -0.3 is 20.1 Å². The Hall–Kier alpha value is -2.19. The number of halogens is 4. The van der Waals surface area contributed by atoms with Crippen molar-refractivity contribution in [1.29, 1.82) is 0 Å². The molecule has 0 saturated heterocycles. The summed E-state index contributed by atoms with van der Waals surface area (Å²) in [5.41, 5.74) is -0.158. The van der Waals surface area contributed by atoms with Crippen molar-refractivity contribution in [2.75, 3.05) is 19.5 Å². The molecule has 0 unspecified atom stereocenters. The lowest BCUT2D eigenvalue weighted by molar-refractivity contribution is -0.137. The Kier molecular flexibility index (Phi) is 6.67. The molecule has 0 bridgehead atoms. The van der Waals surface area contributed by atoms with Gasteiger partial charge in [0.2, 0.25) is 0 Å². The molecule has 2 N–H and O–H groups in total. The van der Waals surface area contributed by atoms with Crippen molar-refractivity contribution in [3.63, 3.8) is 0 Å². The fourth-order valence-electron chi connectivity index (χ4n) is 3.80. The van der Waals surface area contributed by atoms with Crippen LogP contribution in [0.2, 0.25) is 5.02 Å².